The van der Waals surface area contributed by atoms with E-state index in [1.54, 1.807) is 0 Å². The molecule has 0 heterocycles. The number of carbonyl (C=O) groups is 2. The Balaban J connectivity index is 0. The third-order valence-corrected chi connectivity index (χ3v) is 0.653. The zero-order chi connectivity index (χ0) is 9.44. The number of hydrogen-bond acceptors (Lipinski definition) is 4. The second kappa shape index (κ2) is 7.59. The Morgan fingerprint density at radius 2 is 1.73 bits per heavy atom. The number of carboxylic acid groups (broad SMARTS) is 2. The van der Waals surface area contributed by atoms with Crippen LogP contribution in [0.1, 0.15) is 6.42 Å². The molecule has 0 radical (unpaired) electrons. The normalized spacial score (nSPS) is 10.9. The van der Waals surface area contributed by atoms with E-state index in [2.05, 4.69) is 4.48 Å². The van der Waals surface area contributed by atoms with Gasteiger partial charge in [0.1, 0.15) is 0 Å². The third kappa shape index (κ3) is 9.48. The summed E-state index contributed by atoms with van der Waals surface area (Å²) in [6.07, 6.45) is -2.54. The molecule has 61 valence electrons. The van der Waals surface area contributed by atoms with Crippen LogP contribution in [0.4, 0.5) is 0 Å². The molecule has 0 bridgehead atoms. The minimum absolute atomic E-state index is 0.755. The van der Waals surface area contributed by atoms with E-state index in [0.717, 1.165) is 18.5 Å². The monoisotopic (exact) mass is 214 g/mol. The maximum atomic E-state index is 9.72. The predicted molar refractivity (Wildman–Crippen MR) is 30.1 cm³/mol. The van der Waals surface area contributed by atoms with Crippen molar-refractivity contribution in [3.05, 3.63) is 0 Å². The molecule has 7 heteroatoms. The summed E-state index contributed by atoms with van der Waals surface area (Å²) in [5, 5.41) is 24.1. The molecule has 0 fully saturated rings. The first-order valence-electron chi connectivity index (χ1n) is 2.57. The number of hydrogen-bond donors (Lipinski definition) is 4. The fourth-order valence-electron chi connectivity index (χ4n) is 0.253. The average molecular weight is 216 g/mol. The van der Waals surface area contributed by atoms with Crippen LogP contribution >= 0.6 is 0 Å². The second-order valence-corrected chi connectivity index (χ2v) is 1.45. The molecular formula is C4H8NO5Zn. The summed E-state index contributed by atoms with van der Waals surface area (Å²) in [5.74, 6) is -2.85. The van der Waals surface area contributed by atoms with E-state index in [0.29, 0.717) is 0 Å². The van der Waals surface area contributed by atoms with Crippen molar-refractivity contribution in [1.29, 1.82) is 0 Å². The van der Waals surface area contributed by atoms with Crippen LogP contribution in [-0.4, -0.2) is 33.4 Å². The van der Waals surface area contributed by atoms with Gasteiger partial charge in [-0.15, -0.1) is 0 Å². The van der Waals surface area contributed by atoms with Crippen LogP contribution in [0.15, 0.2) is 0 Å². The Morgan fingerprint density at radius 1 is 1.36 bits per heavy atom. The molecule has 1 atom stereocenters. The van der Waals surface area contributed by atoms with Crippen LogP contribution in [0.2, 0.25) is 0 Å². The van der Waals surface area contributed by atoms with Gasteiger partial charge in [0, 0.05) is 0 Å². The first kappa shape index (κ1) is 13.1. The standard InChI is InChI=1S/C4H6O5.H2N.Zn/c5-2(4(8)9)1-3(6)7;;/h2,5H,1H2,(H,6,7)(H,8,9);1H2;/q;-1;+1. The molecule has 0 spiro atoms. The van der Waals surface area contributed by atoms with Crippen molar-refractivity contribution >= 4 is 11.9 Å². The fourth-order valence-corrected chi connectivity index (χ4v) is 0.253. The summed E-state index contributed by atoms with van der Waals surface area (Å²) in [7, 11) is 0. The summed E-state index contributed by atoms with van der Waals surface area (Å²) in [6.45, 7) is 0. The predicted octanol–water partition coefficient (Wildman–Crippen LogP) is -1.69. The Kier molecular flexibility index (Phi) is 9.04. The number of rotatable bonds is 3. The first-order valence-corrected chi connectivity index (χ1v) is 4.29. The second-order valence-electron chi connectivity index (χ2n) is 1.45. The van der Waals surface area contributed by atoms with Gasteiger partial charge in [-0.1, -0.05) is 0 Å². The van der Waals surface area contributed by atoms with Crippen molar-refractivity contribution in [2.75, 3.05) is 0 Å². The quantitative estimate of drug-likeness (QED) is 0.417. The van der Waals surface area contributed by atoms with Gasteiger partial charge in [0.2, 0.25) is 0 Å². The van der Waals surface area contributed by atoms with Gasteiger partial charge in [-0.3, -0.25) is 4.79 Å². The average Bonchev–Trinajstić information content (AvgIpc) is 1.90. The van der Waals surface area contributed by atoms with Gasteiger partial charge in [-0.25, -0.2) is 4.79 Å². The molecule has 0 aliphatic rings. The molecule has 0 aliphatic heterocycles. The molecule has 0 saturated heterocycles. The van der Waals surface area contributed by atoms with E-state index in [-0.39, 0.29) is 0 Å². The zero-order valence-electron chi connectivity index (χ0n) is 5.73. The summed E-state index contributed by atoms with van der Waals surface area (Å²) in [5.41, 5.74) is 0. The van der Waals surface area contributed by atoms with Crippen molar-refractivity contribution in [2.45, 2.75) is 12.5 Å². The molecule has 0 aromatic heterocycles. The van der Waals surface area contributed by atoms with Crippen molar-refractivity contribution in [1.82, 2.24) is 0 Å². The van der Waals surface area contributed by atoms with Crippen molar-refractivity contribution in [2.24, 2.45) is 4.48 Å². The van der Waals surface area contributed by atoms with Gasteiger partial charge < -0.3 is 15.3 Å². The summed E-state index contributed by atoms with van der Waals surface area (Å²) < 4.78 is 4.62. The van der Waals surface area contributed by atoms with Gasteiger partial charge in [0.05, 0.1) is 6.42 Å². The number of aliphatic hydroxyl groups excluding tert-OH is 1. The molecule has 0 aliphatic carbocycles. The van der Waals surface area contributed by atoms with Crippen LogP contribution in [0.25, 0.3) is 0 Å². The maximum absolute atomic E-state index is 9.72. The molecule has 11 heavy (non-hydrogen) atoms. The SMILES string of the molecule is O=C(O)CC(O)C(=O)O.[NH2][Zn]. The van der Waals surface area contributed by atoms with E-state index >= 15 is 0 Å². The molecule has 0 rings (SSSR count). The van der Waals surface area contributed by atoms with Gasteiger partial charge in [-0.2, -0.15) is 0 Å². The van der Waals surface area contributed by atoms with E-state index < -0.39 is 24.5 Å². The van der Waals surface area contributed by atoms with Crippen molar-refractivity contribution in [3.8, 4) is 0 Å². The molecule has 0 saturated carbocycles. The molecule has 0 amide bonds. The number of carboxylic acids is 2. The first-order chi connectivity index (χ1) is 5.04. The molecule has 0 aromatic rings. The van der Waals surface area contributed by atoms with Crippen LogP contribution < -0.4 is 4.48 Å². The number of aliphatic hydroxyl groups is 1. The molecular weight excluding hydrogens is 207 g/mol. The van der Waals surface area contributed by atoms with Gasteiger partial charge in [0.15, 0.2) is 6.10 Å². The Labute approximate surface area is 72.9 Å². The van der Waals surface area contributed by atoms with E-state index in [9.17, 15) is 9.59 Å². The van der Waals surface area contributed by atoms with Crippen molar-refractivity contribution < 1.29 is 43.4 Å². The Hall–Kier alpha value is -0.517. The van der Waals surface area contributed by atoms with E-state index in [1.807, 2.05) is 0 Å². The molecule has 0 aromatic carbocycles. The summed E-state index contributed by atoms with van der Waals surface area (Å²) >= 11 is 0.875. The van der Waals surface area contributed by atoms with Gasteiger partial charge in [0.25, 0.3) is 0 Å². The summed E-state index contributed by atoms with van der Waals surface area (Å²) in [6, 6.07) is 0. The van der Waals surface area contributed by atoms with E-state index in [4.69, 9.17) is 15.3 Å². The zero-order valence-corrected chi connectivity index (χ0v) is 8.69. The topological polar surface area (TPSA) is 121 Å². The van der Waals surface area contributed by atoms with Gasteiger partial charge >= 0.3 is 35.0 Å². The molecule has 5 N–H and O–H groups in total. The van der Waals surface area contributed by atoms with Crippen molar-refractivity contribution in [3.63, 3.8) is 0 Å². The Bertz CT molecular complexity index is 138. The fraction of sp³-hybridized carbons (Fsp3) is 0.500. The van der Waals surface area contributed by atoms with Crippen LogP contribution in [0, 0.1) is 0 Å². The van der Waals surface area contributed by atoms with E-state index in [1.165, 1.54) is 0 Å². The third-order valence-electron chi connectivity index (χ3n) is 0.653. The minimum atomic E-state index is -1.79. The van der Waals surface area contributed by atoms with Crippen LogP contribution in [0.3, 0.4) is 0 Å². The Morgan fingerprint density at radius 3 is 1.82 bits per heavy atom. The van der Waals surface area contributed by atoms with Crippen LogP contribution in [-0.2, 0) is 28.1 Å². The number of nitrogens with two attached hydrogens (primary N) is 1. The number of aliphatic carboxylic acids is 2. The van der Waals surface area contributed by atoms with Crippen LogP contribution in [0.5, 0.6) is 0 Å². The molecule has 1 unspecified atom stereocenters. The molecule has 6 nitrogen and oxygen atoms in total. The van der Waals surface area contributed by atoms with Gasteiger partial charge in [-0.05, 0) is 0 Å². The summed E-state index contributed by atoms with van der Waals surface area (Å²) in [4.78, 5) is 19.4.